The van der Waals surface area contributed by atoms with Crippen LogP contribution in [-0.2, 0) is 16.6 Å². The lowest BCUT2D eigenvalue weighted by Crippen LogP contribution is -2.27. The van der Waals surface area contributed by atoms with E-state index < -0.39 is 15.9 Å². The van der Waals surface area contributed by atoms with Crippen molar-refractivity contribution >= 4 is 44.3 Å². The lowest BCUT2D eigenvalue weighted by molar-refractivity contribution is 0.0949. The number of halogens is 1. The van der Waals surface area contributed by atoms with Crippen LogP contribution in [0.3, 0.4) is 0 Å². The van der Waals surface area contributed by atoms with Crippen molar-refractivity contribution in [2.45, 2.75) is 11.4 Å². The van der Waals surface area contributed by atoms with E-state index in [1.54, 1.807) is 30.3 Å². The number of rotatable bonds is 6. The number of anilines is 1. The van der Waals surface area contributed by atoms with Gasteiger partial charge in [0.25, 0.3) is 15.9 Å². The topological polar surface area (TPSA) is 95.2 Å². The van der Waals surface area contributed by atoms with Gasteiger partial charge in [0.2, 0.25) is 0 Å². The van der Waals surface area contributed by atoms with Gasteiger partial charge in [0.05, 0.1) is 28.2 Å². The summed E-state index contributed by atoms with van der Waals surface area (Å²) in [6.07, 6.45) is 0. The number of nitrogens with one attached hydrogen (secondary N) is 2. The molecule has 0 saturated carbocycles. The van der Waals surface area contributed by atoms with Crippen molar-refractivity contribution in [2.24, 2.45) is 0 Å². The summed E-state index contributed by atoms with van der Waals surface area (Å²) in [5, 5.41) is 3.19. The fraction of sp³-hybridized carbons (Fsp3) is 0.0909. The Morgan fingerprint density at radius 2 is 1.84 bits per heavy atom. The minimum absolute atomic E-state index is 0.00589. The number of para-hydroxylation sites is 2. The zero-order valence-electron chi connectivity index (χ0n) is 16.5. The minimum atomic E-state index is -3.87. The Kier molecular flexibility index (Phi) is 5.67. The van der Waals surface area contributed by atoms with Crippen LogP contribution in [0.4, 0.5) is 5.69 Å². The summed E-state index contributed by atoms with van der Waals surface area (Å²) >= 11 is 5.98. The van der Waals surface area contributed by atoms with Crippen LogP contribution in [0.25, 0.3) is 11.0 Å². The smallest absolute Gasteiger partial charge is 0.264 e. The molecule has 1 heterocycles. The first-order valence-electron chi connectivity index (χ1n) is 9.41. The average molecular weight is 455 g/mol. The van der Waals surface area contributed by atoms with Crippen LogP contribution in [-0.4, -0.2) is 31.3 Å². The summed E-state index contributed by atoms with van der Waals surface area (Å²) in [6, 6.07) is 20.0. The van der Waals surface area contributed by atoms with E-state index in [1.165, 1.54) is 25.2 Å². The van der Waals surface area contributed by atoms with Crippen molar-refractivity contribution in [1.82, 2.24) is 15.3 Å². The van der Waals surface area contributed by atoms with Gasteiger partial charge >= 0.3 is 0 Å². The van der Waals surface area contributed by atoms with E-state index in [4.69, 9.17) is 11.6 Å². The number of benzene rings is 3. The number of carbonyl (C=O) groups is 1. The van der Waals surface area contributed by atoms with Crippen molar-refractivity contribution in [2.75, 3.05) is 11.4 Å². The second-order valence-electron chi connectivity index (χ2n) is 6.86. The van der Waals surface area contributed by atoms with Gasteiger partial charge in [0, 0.05) is 17.6 Å². The molecule has 0 fully saturated rings. The first-order chi connectivity index (χ1) is 14.8. The highest BCUT2D eigenvalue weighted by Gasteiger charge is 2.22. The predicted molar refractivity (Wildman–Crippen MR) is 121 cm³/mol. The van der Waals surface area contributed by atoms with Gasteiger partial charge in [-0.15, -0.1) is 0 Å². The molecular formula is C22H19ClN4O3S. The summed E-state index contributed by atoms with van der Waals surface area (Å²) in [5.41, 5.74) is 2.34. The largest absolute Gasteiger partial charge is 0.345 e. The Hall–Kier alpha value is -3.36. The van der Waals surface area contributed by atoms with Crippen LogP contribution < -0.4 is 9.62 Å². The molecule has 0 aliphatic rings. The Morgan fingerprint density at radius 1 is 1.06 bits per heavy atom. The van der Waals surface area contributed by atoms with Gasteiger partial charge in [-0.05, 0) is 48.5 Å². The Labute approximate surface area is 184 Å². The van der Waals surface area contributed by atoms with Crippen LogP contribution in [0.15, 0.2) is 77.7 Å². The number of amides is 1. The minimum Gasteiger partial charge on any atom is -0.345 e. The molecule has 1 amide bonds. The SMILES string of the molecule is CN(c1cccc(Cl)c1)S(=O)(=O)c1cccc(C(=O)NCc2nc3ccccc3[nH]2)c1. The van der Waals surface area contributed by atoms with Gasteiger partial charge in [0.1, 0.15) is 5.82 Å². The molecule has 9 heteroatoms. The third kappa shape index (κ3) is 4.40. The second kappa shape index (κ2) is 8.41. The third-order valence-corrected chi connectivity index (χ3v) is 6.80. The van der Waals surface area contributed by atoms with Crippen molar-refractivity contribution in [3.8, 4) is 0 Å². The third-order valence-electron chi connectivity index (χ3n) is 4.78. The van der Waals surface area contributed by atoms with Crippen LogP contribution in [0.5, 0.6) is 0 Å². The normalized spacial score (nSPS) is 11.4. The molecular weight excluding hydrogens is 436 g/mol. The summed E-state index contributed by atoms with van der Waals surface area (Å²) in [7, 11) is -2.43. The van der Waals surface area contributed by atoms with E-state index in [-0.39, 0.29) is 17.0 Å². The summed E-state index contributed by atoms with van der Waals surface area (Å²) in [6.45, 7) is 0.187. The van der Waals surface area contributed by atoms with E-state index in [9.17, 15) is 13.2 Å². The number of sulfonamides is 1. The lowest BCUT2D eigenvalue weighted by Gasteiger charge is -2.20. The zero-order valence-corrected chi connectivity index (χ0v) is 18.1. The predicted octanol–water partition coefficient (Wildman–Crippen LogP) is 3.97. The quantitative estimate of drug-likeness (QED) is 0.460. The highest BCUT2D eigenvalue weighted by atomic mass is 35.5. The number of carbonyl (C=O) groups excluding carboxylic acids is 1. The number of hydrogen-bond donors (Lipinski definition) is 2. The molecule has 7 nitrogen and oxygen atoms in total. The molecule has 0 aliphatic heterocycles. The van der Waals surface area contributed by atoms with Crippen LogP contribution in [0, 0.1) is 0 Å². The fourth-order valence-corrected chi connectivity index (χ4v) is 4.54. The van der Waals surface area contributed by atoms with Gasteiger partial charge in [-0.3, -0.25) is 9.10 Å². The number of fused-ring (bicyclic) bond motifs is 1. The van der Waals surface area contributed by atoms with Crippen LogP contribution in [0.2, 0.25) is 5.02 Å². The Morgan fingerprint density at radius 3 is 2.61 bits per heavy atom. The molecule has 1 aromatic heterocycles. The standard InChI is InChI=1S/C22H19ClN4O3S/c1-27(17-8-5-7-16(23)13-17)31(29,30)18-9-4-6-15(12-18)22(28)24-14-21-25-19-10-2-3-11-20(19)26-21/h2-13H,14H2,1H3,(H,24,28)(H,25,26). The van der Waals surface area contributed by atoms with E-state index in [1.807, 2.05) is 24.3 Å². The number of H-pyrrole nitrogens is 1. The summed E-state index contributed by atoms with van der Waals surface area (Å²) in [4.78, 5) is 20.2. The maximum atomic E-state index is 13.0. The molecule has 0 bridgehead atoms. The Balaban J connectivity index is 1.52. The molecule has 0 spiro atoms. The van der Waals surface area contributed by atoms with Gasteiger partial charge in [-0.2, -0.15) is 0 Å². The molecule has 4 rings (SSSR count). The highest BCUT2D eigenvalue weighted by molar-refractivity contribution is 7.92. The number of aromatic nitrogens is 2. The zero-order chi connectivity index (χ0) is 22.0. The van der Waals surface area contributed by atoms with Crippen molar-refractivity contribution in [3.05, 3.63) is 89.2 Å². The molecule has 0 unspecified atom stereocenters. The molecule has 2 N–H and O–H groups in total. The summed E-state index contributed by atoms with van der Waals surface area (Å²) < 4.78 is 27.2. The molecule has 0 aliphatic carbocycles. The van der Waals surface area contributed by atoms with Crippen LogP contribution >= 0.6 is 11.6 Å². The molecule has 0 saturated heterocycles. The molecule has 3 aromatic carbocycles. The van der Waals surface area contributed by atoms with Gasteiger partial charge < -0.3 is 10.3 Å². The molecule has 0 radical (unpaired) electrons. The van der Waals surface area contributed by atoms with E-state index >= 15 is 0 Å². The fourth-order valence-electron chi connectivity index (χ4n) is 3.12. The number of aromatic amines is 1. The van der Waals surface area contributed by atoms with Crippen molar-refractivity contribution < 1.29 is 13.2 Å². The molecule has 0 atom stereocenters. The van der Waals surface area contributed by atoms with Gasteiger partial charge in [-0.25, -0.2) is 13.4 Å². The first kappa shape index (κ1) is 20.9. The summed E-state index contributed by atoms with van der Waals surface area (Å²) in [5.74, 6) is 0.210. The van der Waals surface area contributed by atoms with Crippen molar-refractivity contribution in [3.63, 3.8) is 0 Å². The van der Waals surface area contributed by atoms with E-state index in [0.717, 1.165) is 15.3 Å². The molecule has 158 valence electrons. The lowest BCUT2D eigenvalue weighted by atomic mass is 10.2. The maximum Gasteiger partial charge on any atom is 0.264 e. The van der Waals surface area contributed by atoms with Gasteiger partial charge in [0.15, 0.2) is 0 Å². The monoisotopic (exact) mass is 454 g/mol. The number of nitrogens with zero attached hydrogens (tertiary/aromatic N) is 2. The van der Waals surface area contributed by atoms with Gasteiger partial charge in [-0.1, -0.05) is 35.9 Å². The van der Waals surface area contributed by atoms with E-state index in [0.29, 0.717) is 16.5 Å². The molecule has 31 heavy (non-hydrogen) atoms. The molecule has 4 aromatic rings. The number of hydrogen-bond acceptors (Lipinski definition) is 4. The van der Waals surface area contributed by atoms with E-state index in [2.05, 4.69) is 15.3 Å². The number of imidazole rings is 1. The highest BCUT2D eigenvalue weighted by Crippen LogP contribution is 2.25. The first-order valence-corrected chi connectivity index (χ1v) is 11.2. The van der Waals surface area contributed by atoms with Crippen LogP contribution in [0.1, 0.15) is 16.2 Å². The second-order valence-corrected chi connectivity index (χ2v) is 9.27. The Bertz CT molecular complexity index is 1330. The average Bonchev–Trinajstić information content (AvgIpc) is 3.20. The van der Waals surface area contributed by atoms with Crippen molar-refractivity contribution in [1.29, 1.82) is 0 Å². The maximum absolute atomic E-state index is 13.0.